The molecular weight excluding hydrogens is 442 g/mol. The van der Waals surface area contributed by atoms with Crippen molar-refractivity contribution in [1.82, 2.24) is 24.2 Å². The van der Waals surface area contributed by atoms with Crippen LogP contribution in [0.2, 0.25) is 5.02 Å². The fourth-order valence-corrected chi connectivity index (χ4v) is 4.45. The van der Waals surface area contributed by atoms with Gasteiger partial charge in [-0.3, -0.25) is 9.59 Å². The van der Waals surface area contributed by atoms with E-state index < -0.39 is 5.91 Å². The summed E-state index contributed by atoms with van der Waals surface area (Å²) in [5, 5.41) is 4.95. The SMILES string of the molecule is C=CC(=O)N1CCC(n2nc(C#Cc3cc4ncn(C5CC5)c4cc3Cl)c(C(N)=O)c2N)C1. The molecule has 1 saturated heterocycles. The van der Waals surface area contributed by atoms with Crippen molar-refractivity contribution in [2.75, 3.05) is 18.8 Å². The second-order valence-corrected chi connectivity index (χ2v) is 8.71. The molecule has 0 spiro atoms. The van der Waals surface area contributed by atoms with Crippen LogP contribution in [0.25, 0.3) is 11.0 Å². The normalized spacial score (nSPS) is 17.7. The van der Waals surface area contributed by atoms with Crippen LogP contribution in [0.5, 0.6) is 0 Å². The number of rotatable bonds is 4. The Morgan fingerprint density at radius 2 is 2.00 bits per heavy atom. The number of nitrogens with zero attached hydrogens (tertiary/aromatic N) is 5. The Balaban J connectivity index is 1.49. The van der Waals surface area contributed by atoms with Gasteiger partial charge in [0.25, 0.3) is 5.91 Å². The summed E-state index contributed by atoms with van der Waals surface area (Å²) < 4.78 is 3.66. The number of halogens is 1. The maximum atomic E-state index is 12.1. The Hall–Kier alpha value is -3.77. The molecule has 3 aromatic rings. The van der Waals surface area contributed by atoms with Crippen molar-refractivity contribution in [2.24, 2.45) is 5.73 Å². The lowest BCUT2D eigenvalue weighted by Gasteiger charge is -2.15. The molecule has 0 radical (unpaired) electrons. The molecule has 1 unspecified atom stereocenters. The quantitative estimate of drug-likeness (QED) is 0.453. The van der Waals surface area contributed by atoms with Gasteiger partial charge in [0.1, 0.15) is 11.4 Å². The number of anilines is 1. The maximum Gasteiger partial charge on any atom is 0.255 e. The molecule has 0 bridgehead atoms. The molecule has 1 aliphatic carbocycles. The fourth-order valence-electron chi connectivity index (χ4n) is 4.24. The van der Waals surface area contributed by atoms with E-state index in [4.69, 9.17) is 23.1 Å². The van der Waals surface area contributed by atoms with Crippen LogP contribution in [-0.2, 0) is 4.79 Å². The Bertz CT molecular complexity index is 1370. The molecule has 1 saturated carbocycles. The van der Waals surface area contributed by atoms with Gasteiger partial charge in [-0.2, -0.15) is 5.10 Å². The van der Waals surface area contributed by atoms with E-state index in [1.807, 2.05) is 18.5 Å². The van der Waals surface area contributed by atoms with Gasteiger partial charge in [-0.15, -0.1) is 0 Å². The van der Waals surface area contributed by atoms with Crippen molar-refractivity contribution in [3.05, 3.63) is 53.0 Å². The first kappa shape index (κ1) is 21.1. The van der Waals surface area contributed by atoms with Crippen molar-refractivity contribution in [3.63, 3.8) is 0 Å². The maximum absolute atomic E-state index is 12.1. The number of primary amides is 1. The second kappa shape index (κ2) is 7.98. The number of carbonyl (C=O) groups is 2. The zero-order valence-electron chi connectivity index (χ0n) is 17.8. The number of aromatic nitrogens is 4. The average molecular weight is 464 g/mol. The van der Waals surface area contributed by atoms with E-state index in [0.717, 1.165) is 23.9 Å². The summed E-state index contributed by atoms with van der Waals surface area (Å²) in [6, 6.07) is 3.98. The molecule has 5 rings (SSSR count). The van der Waals surface area contributed by atoms with Gasteiger partial charge in [-0.05, 0) is 43.4 Å². The molecule has 168 valence electrons. The van der Waals surface area contributed by atoms with E-state index in [2.05, 4.69) is 33.1 Å². The third-order valence-corrected chi connectivity index (χ3v) is 6.42. The molecular formula is C23H22ClN7O2. The van der Waals surface area contributed by atoms with E-state index in [-0.39, 0.29) is 29.0 Å². The van der Waals surface area contributed by atoms with Crippen LogP contribution in [0.15, 0.2) is 31.1 Å². The van der Waals surface area contributed by atoms with Crippen LogP contribution in [0.1, 0.15) is 53.0 Å². The summed E-state index contributed by atoms with van der Waals surface area (Å²) >= 11 is 6.49. The van der Waals surface area contributed by atoms with E-state index in [0.29, 0.717) is 36.1 Å². The lowest BCUT2D eigenvalue weighted by Crippen LogP contribution is -2.27. The van der Waals surface area contributed by atoms with E-state index in [9.17, 15) is 9.59 Å². The number of fused-ring (bicyclic) bond motifs is 1. The lowest BCUT2D eigenvalue weighted by molar-refractivity contribution is -0.125. The number of hydrogen-bond acceptors (Lipinski definition) is 5. The second-order valence-electron chi connectivity index (χ2n) is 8.30. The van der Waals surface area contributed by atoms with Gasteiger partial charge >= 0.3 is 0 Å². The molecule has 2 aliphatic rings. The molecule has 4 N–H and O–H groups in total. The summed E-state index contributed by atoms with van der Waals surface area (Å²) in [6.07, 6.45) is 6.03. The molecule has 2 amide bonds. The molecule has 2 fully saturated rings. The highest BCUT2D eigenvalue weighted by atomic mass is 35.5. The first-order valence-electron chi connectivity index (χ1n) is 10.6. The minimum atomic E-state index is -0.718. The van der Waals surface area contributed by atoms with Crippen molar-refractivity contribution in [1.29, 1.82) is 0 Å². The number of likely N-dealkylation sites (tertiary alicyclic amines) is 1. The van der Waals surface area contributed by atoms with Gasteiger partial charge in [0, 0.05) is 24.7 Å². The molecule has 9 nitrogen and oxygen atoms in total. The molecule has 1 aliphatic heterocycles. The highest BCUT2D eigenvalue weighted by Crippen LogP contribution is 2.38. The molecule has 2 aromatic heterocycles. The van der Waals surface area contributed by atoms with Crippen LogP contribution < -0.4 is 11.5 Å². The first-order chi connectivity index (χ1) is 15.9. The van der Waals surface area contributed by atoms with E-state index in [1.165, 1.54) is 10.8 Å². The lowest BCUT2D eigenvalue weighted by atomic mass is 10.1. The Kier molecular flexibility index (Phi) is 5.10. The third kappa shape index (κ3) is 3.72. The van der Waals surface area contributed by atoms with Crippen molar-refractivity contribution in [3.8, 4) is 11.8 Å². The summed E-state index contributed by atoms with van der Waals surface area (Å²) in [6.45, 7) is 4.48. The summed E-state index contributed by atoms with van der Waals surface area (Å²) in [7, 11) is 0. The molecule has 1 atom stereocenters. The molecule has 3 heterocycles. The summed E-state index contributed by atoms with van der Waals surface area (Å²) in [4.78, 5) is 30.2. The van der Waals surface area contributed by atoms with Crippen LogP contribution in [0.4, 0.5) is 5.82 Å². The van der Waals surface area contributed by atoms with Crippen LogP contribution in [-0.4, -0.2) is 49.1 Å². The number of nitrogen functional groups attached to an aromatic ring is 1. The molecule has 10 heteroatoms. The van der Waals surface area contributed by atoms with Gasteiger partial charge in [-0.25, -0.2) is 9.67 Å². The average Bonchev–Trinajstić information content (AvgIpc) is 3.22. The third-order valence-electron chi connectivity index (χ3n) is 6.11. The minimum absolute atomic E-state index is 0.0613. The number of hydrogen-bond donors (Lipinski definition) is 2. The standard InChI is InChI=1S/C23H22ClN7O2/c1-2-20(32)29-8-7-15(11-29)31-22(25)21(23(26)33)17(28-31)6-3-13-9-18-19(10-16(13)24)30(12-27-18)14-4-5-14/h2,9-10,12,14-15H,1,4-5,7-8,11,25H2,(H2,26,33). The highest BCUT2D eigenvalue weighted by Gasteiger charge is 2.31. The monoisotopic (exact) mass is 463 g/mol. The Morgan fingerprint density at radius 3 is 2.70 bits per heavy atom. The highest BCUT2D eigenvalue weighted by molar-refractivity contribution is 6.32. The van der Waals surface area contributed by atoms with Gasteiger partial charge < -0.3 is 20.9 Å². The molecule has 33 heavy (non-hydrogen) atoms. The fraction of sp³-hybridized carbons (Fsp3) is 0.304. The minimum Gasteiger partial charge on any atom is -0.383 e. The first-order valence-corrected chi connectivity index (χ1v) is 11.0. The van der Waals surface area contributed by atoms with Crippen LogP contribution in [0.3, 0.4) is 0 Å². The summed E-state index contributed by atoms with van der Waals surface area (Å²) in [5.74, 6) is 5.16. The topological polar surface area (TPSA) is 125 Å². The van der Waals surface area contributed by atoms with Gasteiger partial charge in [0.05, 0.1) is 28.4 Å². The zero-order chi connectivity index (χ0) is 23.3. The largest absolute Gasteiger partial charge is 0.383 e. The van der Waals surface area contributed by atoms with Crippen LogP contribution in [0, 0.1) is 11.8 Å². The summed E-state index contributed by atoms with van der Waals surface area (Å²) in [5.41, 5.74) is 14.4. The Morgan fingerprint density at radius 1 is 1.21 bits per heavy atom. The van der Waals surface area contributed by atoms with E-state index in [1.54, 1.807) is 4.90 Å². The van der Waals surface area contributed by atoms with Crippen molar-refractivity contribution >= 4 is 40.3 Å². The van der Waals surface area contributed by atoms with Crippen molar-refractivity contribution < 1.29 is 9.59 Å². The number of nitrogens with two attached hydrogens (primary N) is 2. The van der Waals surface area contributed by atoms with Gasteiger partial charge in [0.2, 0.25) is 5.91 Å². The molecule has 1 aromatic carbocycles. The van der Waals surface area contributed by atoms with Gasteiger partial charge in [0.15, 0.2) is 5.69 Å². The smallest absolute Gasteiger partial charge is 0.255 e. The predicted octanol–water partition coefficient (Wildman–Crippen LogP) is 2.26. The van der Waals surface area contributed by atoms with E-state index >= 15 is 0 Å². The number of amides is 2. The van der Waals surface area contributed by atoms with Crippen molar-refractivity contribution in [2.45, 2.75) is 31.3 Å². The Labute approximate surface area is 195 Å². The number of carbonyl (C=O) groups excluding carboxylic acids is 2. The van der Waals surface area contributed by atoms with Crippen LogP contribution >= 0.6 is 11.6 Å². The predicted molar refractivity (Wildman–Crippen MR) is 125 cm³/mol. The zero-order valence-corrected chi connectivity index (χ0v) is 18.5. The van der Waals surface area contributed by atoms with Gasteiger partial charge in [-0.1, -0.05) is 24.1 Å². The number of imidazole rings is 1. The number of benzene rings is 1.